The van der Waals surface area contributed by atoms with E-state index in [1.807, 2.05) is 43.5 Å². The molecule has 0 aliphatic heterocycles. The number of rotatable bonds is 9. The van der Waals surface area contributed by atoms with Crippen molar-refractivity contribution in [1.29, 1.82) is 0 Å². The molecule has 0 unspecified atom stereocenters. The number of carbonyl (C=O) groups is 1. The normalized spacial score (nSPS) is 13.1. The Balaban J connectivity index is 1.74. The van der Waals surface area contributed by atoms with Gasteiger partial charge in [0.1, 0.15) is 5.82 Å². The molecule has 0 bridgehead atoms. The van der Waals surface area contributed by atoms with E-state index in [1.54, 1.807) is 19.2 Å². The van der Waals surface area contributed by atoms with Crippen LogP contribution in [0, 0.1) is 12.7 Å². The van der Waals surface area contributed by atoms with Crippen LogP contribution in [0.4, 0.5) is 4.39 Å². The molecule has 0 radical (unpaired) electrons. The molecule has 1 heterocycles. The molecule has 3 aromatic rings. The van der Waals surface area contributed by atoms with Crippen LogP contribution in [-0.4, -0.2) is 39.6 Å². The molecule has 0 saturated heterocycles. The lowest BCUT2D eigenvalue weighted by Crippen LogP contribution is -2.33. The summed E-state index contributed by atoms with van der Waals surface area (Å²) in [6, 6.07) is 14.0. The van der Waals surface area contributed by atoms with Crippen molar-refractivity contribution < 1.29 is 13.9 Å². The molecule has 164 valence electrons. The smallest absolute Gasteiger partial charge is 0.233 e. The van der Waals surface area contributed by atoms with Crippen molar-refractivity contribution in [2.24, 2.45) is 0 Å². The van der Waals surface area contributed by atoms with Crippen LogP contribution in [0.25, 0.3) is 11.4 Å². The predicted octanol–water partition coefficient (Wildman–Crippen LogP) is 4.40. The van der Waals surface area contributed by atoms with Crippen molar-refractivity contribution in [3.05, 3.63) is 65.5 Å². The summed E-state index contributed by atoms with van der Waals surface area (Å²) in [4.78, 5) is 12.8. The highest BCUT2D eigenvalue weighted by molar-refractivity contribution is 8.00. The Morgan fingerprint density at radius 3 is 2.61 bits per heavy atom. The molecule has 0 fully saturated rings. The number of amides is 1. The minimum absolute atomic E-state index is 0.125. The van der Waals surface area contributed by atoms with E-state index in [4.69, 9.17) is 4.74 Å². The highest BCUT2D eigenvalue weighted by Crippen LogP contribution is 2.28. The number of ether oxygens (including phenoxy) is 1. The van der Waals surface area contributed by atoms with Crippen LogP contribution < -0.4 is 5.32 Å². The zero-order valence-electron chi connectivity index (χ0n) is 18.1. The van der Waals surface area contributed by atoms with Gasteiger partial charge >= 0.3 is 0 Å². The second-order valence-corrected chi connectivity index (χ2v) is 8.67. The highest BCUT2D eigenvalue weighted by Gasteiger charge is 2.22. The van der Waals surface area contributed by atoms with Gasteiger partial charge in [-0.05, 0) is 44.5 Å². The molecule has 0 spiro atoms. The molecule has 6 nitrogen and oxygen atoms in total. The third-order valence-corrected chi connectivity index (χ3v) is 5.97. The number of nitrogens with one attached hydrogen (secondary N) is 1. The fourth-order valence-electron chi connectivity index (χ4n) is 3.13. The highest BCUT2D eigenvalue weighted by atomic mass is 32.2. The second kappa shape index (κ2) is 10.5. The fourth-order valence-corrected chi connectivity index (χ4v) is 4.02. The molecular weight excluding hydrogens is 415 g/mol. The van der Waals surface area contributed by atoms with Crippen molar-refractivity contribution in [2.45, 2.75) is 43.8 Å². The van der Waals surface area contributed by atoms with E-state index in [-0.39, 0.29) is 17.8 Å². The summed E-state index contributed by atoms with van der Waals surface area (Å²) in [5.41, 5.74) is 2.95. The molecular formula is C23H27FN4O2S. The van der Waals surface area contributed by atoms with Crippen molar-refractivity contribution in [3.8, 4) is 11.4 Å². The van der Waals surface area contributed by atoms with Gasteiger partial charge in [-0.15, -0.1) is 10.2 Å². The number of halogens is 1. The summed E-state index contributed by atoms with van der Waals surface area (Å²) in [6.07, 6.45) is 0. The number of methoxy groups -OCH3 is 1. The van der Waals surface area contributed by atoms with Crippen LogP contribution in [-0.2, 0) is 16.1 Å². The summed E-state index contributed by atoms with van der Waals surface area (Å²) < 4.78 is 20.4. The summed E-state index contributed by atoms with van der Waals surface area (Å²) in [5, 5.41) is 12.0. The monoisotopic (exact) mass is 442 g/mol. The van der Waals surface area contributed by atoms with E-state index in [0.29, 0.717) is 18.3 Å². The molecule has 1 amide bonds. The van der Waals surface area contributed by atoms with E-state index in [0.717, 1.165) is 22.5 Å². The maximum atomic E-state index is 13.1. The van der Waals surface area contributed by atoms with Gasteiger partial charge in [0, 0.05) is 12.7 Å². The van der Waals surface area contributed by atoms with Gasteiger partial charge in [0.05, 0.1) is 24.4 Å². The molecule has 0 aliphatic carbocycles. The topological polar surface area (TPSA) is 69.0 Å². The van der Waals surface area contributed by atoms with Gasteiger partial charge < -0.3 is 10.1 Å². The first-order valence-electron chi connectivity index (χ1n) is 10.1. The fraction of sp³-hybridized carbons (Fsp3) is 0.348. The maximum absolute atomic E-state index is 13.1. The number of aryl methyl sites for hydroxylation is 1. The summed E-state index contributed by atoms with van der Waals surface area (Å²) >= 11 is 1.35. The number of benzene rings is 2. The zero-order valence-corrected chi connectivity index (χ0v) is 18.9. The molecule has 1 aromatic heterocycles. The standard InChI is InChI=1S/C23H27FN4O2S/c1-15-6-5-7-19(14-15)21-26-27-23(28(21)12-13-30-4)31-17(3)22(29)25-16(2)18-8-10-20(24)11-9-18/h5-11,14,16-17H,12-13H2,1-4H3,(H,25,29)/t16-,17-/m1/s1. The molecule has 0 saturated carbocycles. The molecule has 2 atom stereocenters. The number of hydrogen-bond acceptors (Lipinski definition) is 5. The van der Waals surface area contributed by atoms with Crippen molar-refractivity contribution >= 4 is 17.7 Å². The molecule has 8 heteroatoms. The maximum Gasteiger partial charge on any atom is 0.233 e. The SMILES string of the molecule is COCCn1c(S[C@H](C)C(=O)N[C@H](C)c2ccc(F)cc2)nnc1-c1cccc(C)c1. The minimum atomic E-state index is -0.390. The van der Waals surface area contributed by atoms with Crippen LogP contribution in [0.5, 0.6) is 0 Å². The summed E-state index contributed by atoms with van der Waals surface area (Å²) in [5.74, 6) is 0.321. The first kappa shape index (κ1) is 23.0. The van der Waals surface area contributed by atoms with Crippen molar-refractivity contribution in [2.75, 3.05) is 13.7 Å². The van der Waals surface area contributed by atoms with E-state index < -0.39 is 5.25 Å². The number of carbonyl (C=O) groups excluding carboxylic acids is 1. The zero-order chi connectivity index (χ0) is 22.4. The quantitative estimate of drug-likeness (QED) is 0.498. The summed E-state index contributed by atoms with van der Waals surface area (Å²) in [6.45, 7) is 6.82. The largest absolute Gasteiger partial charge is 0.383 e. The predicted molar refractivity (Wildman–Crippen MR) is 120 cm³/mol. The van der Waals surface area contributed by atoms with E-state index in [1.165, 1.54) is 23.9 Å². The molecule has 2 aromatic carbocycles. The van der Waals surface area contributed by atoms with Gasteiger partial charge in [-0.1, -0.05) is 47.7 Å². The Morgan fingerprint density at radius 2 is 1.94 bits per heavy atom. The van der Waals surface area contributed by atoms with Crippen LogP contribution in [0.1, 0.15) is 31.0 Å². The van der Waals surface area contributed by atoms with Crippen LogP contribution in [0.3, 0.4) is 0 Å². The van der Waals surface area contributed by atoms with Crippen LogP contribution in [0.2, 0.25) is 0 Å². The lowest BCUT2D eigenvalue weighted by Gasteiger charge is -2.18. The third kappa shape index (κ3) is 5.92. The lowest BCUT2D eigenvalue weighted by atomic mass is 10.1. The van der Waals surface area contributed by atoms with Crippen LogP contribution in [0.15, 0.2) is 53.7 Å². The van der Waals surface area contributed by atoms with Gasteiger partial charge in [0.25, 0.3) is 0 Å². The first-order chi connectivity index (χ1) is 14.9. The molecule has 3 rings (SSSR count). The first-order valence-corrected chi connectivity index (χ1v) is 11.0. The van der Waals surface area contributed by atoms with Gasteiger partial charge in [0.2, 0.25) is 5.91 Å². The lowest BCUT2D eigenvalue weighted by molar-refractivity contribution is -0.120. The Labute approximate surface area is 186 Å². The Morgan fingerprint density at radius 1 is 1.19 bits per heavy atom. The average molecular weight is 443 g/mol. The number of aromatic nitrogens is 3. The van der Waals surface area contributed by atoms with Crippen LogP contribution >= 0.6 is 11.8 Å². The number of hydrogen-bond donors (Lipinski definition) is 1. The Hall–Kier alpha value is -2.71. The minimum Gasteiger partial charge on any atom is -0.383 e. The molecule has 31 heavy (non-hydrogen) atoms. The molecule has 0 aliphatic rings. The van der Waals surface area contributed by atoms with E-state index >= 15 is 0 Å². The average Bonchev–Trinajstić information content (AvgIpc) is 3.14. The van der Waals surface area contributed by atoms with Gasteiger partial charge in [0.15, 0.2) is 11.0 Å². The second-order valence-electron chi connectivity index (χ2n) is 7.36. The Bertz CT molecular complexity index is 1020. The third-order valence-electron chi connectivity index (χ3n) is 4.89. The van der Waals surface area contributed by atoms with Gasteiger partial charge in [-0.3, -0.25) is 9.36 Å². The van der Waals surface area contributed by atoms with E-state index in [2.05, 4.69) is 21.6 Å². The molecule has 1 N–H and O–H groups in total. The van der Waals surface area contributed by atoms with E-state index in [9.17, 15) is 9.18 Å². The van der Waals surface area contributed by atoms with Crippen molar-refractivity contribution in [1.82, 2.24) is 20.1 Å². The summed E-state index contributed by atoms with van der Waals surface area (Å²) in [7, 11) is 1.65. The van der Waals surface area contributed by atoms with Gasteiger partial charge in [-0.25, -0.2) is 4.39 Å². The van der Waals surface area contributed by atoms with Crippen molar-refractivity contribution in [3.63, 3.8) is 0 Å². The number of nitrogens with zero attached hydrogens (tertiary/aromatic N) is 3. The Kier molecular flexibility index (Phi) is 7.81. The van der Waals surface area contributed by atoms with Gasteiger partial charge in [-0.2, -0.15) is 0 Å². The number of thioether (sulfide) groups is 1.